The maximum Gasteiger partial charge on any atom is 0.251 e. The van der Waals surface area contributed by atoms with Gasteiger partial charge in [-0.3, -0.25) is 10.2 Å². The van der Waals surface area contributed by atoms with E-state index in [1.165, 1.54) is 24.7 Å². The summed E-state index contributed by atoms with van der Waals surface area (Å²) >= 11 is 1.10. The molecule has 86 valence electrons. The summed E-state index contributed by atoms with van der Waals surface area (Å²) in [5.74, 6) is -0.182. The number of nitrogens with two attached hydrogens (primary N) is 1. The molecule has 0 spiro atoms. The summed E-state index contributed by atoms with van der Waals surface area (Å²) in [5, 5.41) is 8.15. The lowest BCUT2D eigenvalue weighted by molar-refractivity contribution is 0.926. The van der Waals surface area contributed by atoms with Crippen LogP contribution in [0.4, 0.5) is 0 Å². The van der Waals surface area contributed by atoms with Crippen LogP contribution in [0.2, 0.25) is 0 Å². The summed E-state index contributed by atoms with van der Waals surface area (Å²) in [6.07, 6.45) is 4.32. The van der Waals surface area contributed by atoms with E-state index < -0.39 is 0 Å². The smallest absolute Gasteiger partial charge is 0.251 e. The summed E-state index contributed by atoms with van der Waals surface area (Å²) < 4.78 is 0. The number of hydrogen-bond acceptors (Lipinski definition) is 6. The highest BCUT2D eigenvalue weighted by atomic mass is 32.2. The van der Waals surface area contributed by atoms with Crippen LogP contribution in [0.1, 0.15) is 5.69 Å². The first kappa shape index (κ1) is 11.3. The van der Waals surface area contributed by atoms with Crippen LogP contribution < -0.4 is 11.3 Å². The summed E-state index contributed by atoms with van der Waals surface area (Å²) in [6, 6.07) is 1.31. The molecule has 0 aliphatic carbocycles. The second-order valence-electron chi connectivity index (χ2n) is 2.97. The Kier molecular flexibility index (Phi) is 3.15. The molecule has 4 N–H and O–H groups in total. The zero-order valence-electron chi connectivity index (χ0n) is 8.54. The Morgan fingerprint density at radius 3 is 2.76 bits per heavy atom. The van der Waals surface area contributed by atoms with Gasteiger partial charge in [0.25, 0.3) is 5.56 Å². The Balaban J connectivity index is 2.36. The molecule has 2 heterocycles. The molecule has 17 heavy (non-hydrogen) atoms. The van der Waals surface area contributed by atoms with Gasteiger partial charge in [-0.05, 0) is 11.8 Å². The SMILES string of the molecule is N=C(N)c1nccnc1Sc1nccc(=O)[nH]1. The van der Waals surface area contributed by atoms with Crippen molar-refractivity contribution in [2.24, 2.45) is 5.73 Å². The maximum absolute atomic E-state index is 11.1. The van der Waals surface area contributed by atoms with Crippen molar-refractivity contribution >= 4 is 17.6 Å². The number of nitrogen functional groups attached to an aromatic ring is 1. The predicted molar refractivity (Wildman–Crippen MR) is 62.0 cm³/mol. The van der Waals surface area contributed by atoms with Gasteiger partial charge in [-0.1, -0.05) is 0 Å². The summed E-state index contributed by atoms with van der Waals surface area (Å²) in [6.45, 7) is 0. The molecular formula is C9H8N6OS. The highest BCUT2D eigenvalue weighted by Crippen LogP contribution is 2.23. The summed E-state index contributed by atoms with van der Waals surface area (Å²) in [5.41, 5.74) is 5.39. The van der Waals surface area contributed by atoms with E-state index in [1.807, 2.05) is 0 Å². The molecule has 0 bridgehead atoms. The lowest BCUT2D eigenvalue weighted by Crippen LogP contribution is -2.15. The van der Waals surface area contributed by atoms with Crippen LogP contribution >= 0.6 is 11.8 Å². The number of nitrogens with one attached hydrogen (secondary N) is 2. The Hall–Kier alpha value is -2.22. The molecular weight excluding hydrogens is 240 g/mol. The molecule has 0 radical (unpaired) electrons. The molecule has 0 atom stereocenters. The van der Waals surface area contributed by atoms with Crippen molar-refractivity contribution in [3.05, 3.63) is 40.7 Å². The van der Waals surface area contributed by atoms with Crippen molar-refractivity contribution < 1.29 is 0 Å². The van der Waals surface area contributed by atoms with E-state index in [9.17, 15) is 4.79 Å². The van der Waals surface area contributed by atoms with Crippen LogP contribution in [0.3, 0.4) is 0 Å². The number of H-pyrrole nitrogens is 1. The lowest BCUT2D eigenvalue weighted by Gasteiger charge is -2.03. The second-order valence-corrected chi connectivity index (χ2v) is 3.94. The molecule has 7 nitrogen and oxygen atoms in total. The van der Waals surface area contributed by atoms with Gasteiger partial charge in [0.1, 0.15) is 16.6 Å². The number of aromatic amines is 1. The number of aromatic nitrogens is 4. The first-order valence-corrected chi connectivity index (χ1v) is 5.37. The minimum absolute atomic E-state index is 0.182. The Bertz CT molecular complexity index is 610. The molecule has 0 saturated carbocycles. The average Bonchev–Trinajstić information content (AvgIpc) is 2.29. The van der Waals surface area contributed by atoms with Crippen molar-refractivity contribution in [2.75, 3.05) is 0 Å². The molecule has 0 aromatic carbocycles. The van der Waals surface area contributed by atoms with E-state index in [-0.39, 0.29) is 17.1 Å². The number of hydrogen-bond donors (Lipinski definition) is 3. The third kappa shape index (κ3) is 2.67. The number of nitrogens with zero attached hydrogens (tertiary/aromatic N) is 3. The van der Waals surface area contributed by atoms with E-state index in [0.717, 1.165) is 11.8 Å². The van der Waals surface area contributed by atoms with Gasteiger partial charge in [0, 0.05) is 24.7 Å². The Morgan fingerprint density at radius 1 is 1.29 bits per heavy atom. The standard InChI is InChI=1S/C9H8N6OS/c10-7(11)6-8(13-4-3-12-6)17-9-14-2-1-5(16)15-9/h1-4H,(H3,10,11)(H,14,15,16). The van der Waals surface area contributed by atoms with Crippen molar-refractivity contribution in [2.45, 2.75) is 10.2 Å². The predicted octanol–water partition coefficient (Wildman–Crippen LogP) is -0.00483. The van der Waals surface area contributed by atoms with Crippen LogP contribution in [0.25, 0.3) is 0 Å². The lowest BCUT2D eigenvalue weighted by atomic mass is 10.4. The van der Waals surface area contributed by atoms with Gasteiger partial charge in [-0.25, -0.2) is 15.0 Å². The van der Waals surface area contributed by atoms with E-state index >= 15 is 0 Å². The topological polar surface area (TPSA) is 121 Å². The van der Waals surface area contributed by atoms with Gasteiger partial charge in [-0.15, -0.1) is 0 Å². The van der Waals surface area contributed by atoms with E-state index in [1.54, 1.807) is 0 Å². The molecule has 0 aliphatic heterocycles. The molecule has 0 amide bonds. The number of amidine groups is 1. The molecule has 2 rings (SSSR count). The normalized spacial score (nSPS) is 10.1. The zero-order valence-corrected chi connectivity index (χ0v) is 9.36. The molecule has 8 heteroatoms. The average molecular weight is 248 g/mol. The first-order valence-electron chi connectivity index (χ1n) is 4.55. The minimum Gasteiger partial charge on any atom is -0.382 e. The Labute approximate surface area is 100 Å². The molecule has 2 aromatic heterocycles. The summed E-state index contributed by atoms with van der Waals surface area (Å²) in [4.78, 5) is 25.6. The van der Waals surface area contributed by atoms with Gasteiger partial charge in [-0.2, -0.15) is 0 Å². The van der Waals surface area contributed by atoms with E-state index in [2.05, 4.69) is 19.9 Å². The van der Waals surface area contributed by atoms with Gasteiger partial charge < -0.3 is 10.7 Å². The zero-order chi connectivity index (χ0) is 12.3. The van der Waals surface area contributed by atoms with Crippen molar-refractivity contribution in [3.63, 3.8) is 0 Å². The van der Waals surface area contributed by atoms with Gasteiger partial charge in [0.05, 0.1) is 0 Å². The molecule has 0 unspecified atom stereocenters. The van der Waals surface area contributed by atoms with Crippen LogP contribution in [0, 0.1) is 5.41 Å². The molecule has 0 saturated heterocycles. The van der Waals surface area contributed by atoms with Crippen LogP contribution in [0.15, 0.2) is 39.6 Å². The highest BCUT2D eigenvalue weighted by Gasteiger charge is 2.10. The number of rotatable bonds is 3. The maximum atomic E-state index is 11.1. The van der Waals surface area contributed by atoms with Gasteiger partial charge in [0.15, 0.2) is 5.16 Å². The minimum atomic E-state index is -0.254. The van der Waals surface area contributed by atoms with Crippen molar-refractivity contribution in [1.82, 2.24) is 19.9 Å². The van der Waals surface area contributed by atoms with Crippen LogP contribution in [0.5, 0.6) is 0 Å². The fourth-order valence-corrected chi connectivity index (χ4v) is 1.90. The van der Waals surface area contributed by atoms with Gasteiger partial charge >= 0.3 is 0 Å². The highest BCUT2D eigenvalue weighted by molar-refractivity contribution is 7.99. The monoisotopic (exact) mass is 248 g/mol. The molecule has 2 aromatic rings. The van der Waals surface area contributed by atoms with E-state index in [4.69, 9.17) is 11.1 Å². The van der Waals surface area contributed by atoms with Gasteiger partial charge in [0.2, 0.25) is 0 Å². The molecule has 0 aliphatic rings. The van der Waals surface area contributed by atoms with Crippen LogP contribution in [-0.4, -0.2) is 25.8 Å². The first-order chi connectivity index (χ1) is 8.16. The third-order valence-corrected chi connectivity index (χ3v) is 2.65. The fourth-order valence-electron chi connectivity index (χ4n) is 1.08. The quantitative estimate of drug-likeness (QED) is 0.399. The second kappa shape index (κ2) is 4.74. The van der Waals surface area contributed by atoms with Crippen molar-refractivity contribution in [1.29, 1.82) is 5.41 Å². The fraction of sp³-hybridized carbons (Fsp3) is 0. The van der Waals surface area contributed by atoms with Crippen molar-refractivity contribution in [3.8, 4) is 0 Å². The third-order valence-electron chi connectivity index (χ3n) is 1.76. The summed E-state index contributed by atoms with van der Waals surface area (Å²) in [7, 11) is 0. The van der Waals surface area contributed by atoms with Crippen LogP contribution in [-0.2, 0) is 0 Å². The largest absolute Gasteiger partial charge is 0.382 e. The molecule has 0 fully saturated rings. The van der Waals surface area contributed by atoms with E-state index in [0.29, 0.717) is 10.2 Å². The Morgan fingerprint density at radius 2 is 2.06 bits per heavy atom.